The number of nitro groups is 1. The normalized spacial score (nSPS) is 11.9. The monoisotopic (exact) mass is 412 g/mol. The highest BCUT2D eigenvalue weighted by atomic mass is 32.2. The number of carbonyl (C=O) groups excluding carboxylic acids is 1. The molecule has 0 aliphatic carbocycles. The zero-order valence-corrected chi connectivity index (χ0v) is 16.9. The Hall–Kier alpha value is -3.13. The van der Waals surface area contributed by atoms with Crippen molar-refractivity contribution in [2.75, 3.05) is 5.75 Å². The Morgan fingerprint density at radius 1 is 1.17 bits per heavy atom. The number of nitro benzene ring substituents is 1. The van der Waals surface area contributed by atoms with Crippen molar-refractivity contribution >= 4 is 22.3 Å². The van der Waals surface area contributed by atoms with Crippen LogP contribution in [0.4, 0.5) is 5.69 Å². The molecule has 8 heteroatoms. The third-order valence-corrected chi connectivity index (χ3v) is 5.57. The first-order chi connectivity index (χ1) is 13.8. The van der Waals surface area contributed by atoms with Gasteiger partial charge in [0.25, 0.3) is 5.69 Å². The minimum atomic E-state index is -1.45. The largest absolute Gasteiger partial charge is 0.441 e. The summed E-state index contributed by atoms with van der Waals surface area (Å²) < 4.78 is 18.1. The molecule has 0 aliphatic rings. The minimum Gasteiger partial charge on any atom is -0.441 e. The molecule has 1 atom stereocenters. The van der Waals surface area contributed by atoms with Crippen molar-refractivity contribution in [3.63, 3.8) is 0 Å². The van der Waals surface area contributed by atoms with E-state index in [4.69, 9.17) is 4.42 Å². The van der Waals surface area contributed by atoms with Crippen molar-refractivity contribution < 1.29 is 18.3 Å². The molecule has 29 heavy (non-hydrogen) atoms. The summed E-state index contributed by atoms with van der Waals surface area (Å²) in [6.45, 7) is 3.74. The fourth-order valence-corrected chi connectivity index (χ4v) is 3.96. The van der Waals surface area contributed by atoms with E-state index >= 15 is 0 Å². The van der Waals surface area contributed by atoms with Crippen LogP contribution < -0.4 is 0 Å². The van der Waals surface area contributed by atoms with E-state index in [0.29, 0.717) is 22.9 Å². The number of benzene rings is 2. The van der Waals surface area contributed by atoms with Crippen molar-refractivity contribution in [1.29, 1.82) is 0 Å². The summed E-state index contributed by atoms with van der Waals surface area (Å²) in [7, 11) is -1.45. The lowest BCUT2D eigenvalue weighted by atomic mass is 10.1. The molecule has 0 amide bonds. The molecule has 0 aliphatic heterocycles. The molecule has 1 unspecified atom stereocenters. The Labute approximate surface area is 170 Å². The second kappa shape index (κ2) is 8.91. The van der Waals surface area contributed by atoms with Gasteiger partial charge in [-0.1, -0.05) is 29.8 Å². The topological polar surface area (TPSA) is 103 Å². The molecule has 0 saturated heterocycles. The summed E-state index contributed by atoms with van der Waals surface area (Å²) in [4.78, 5) is 27.0. The average Bonchev–Trinajstić information content (AvgIpc) is 3.02. The van der Waals surface area contributed by atoms with Gasteiger partial charge in [0.2, 0.25) is 5.89 Å². The number of Topliss-reactive ketones (excluding diaryl/α,β-unsaturated/α-hetero) is 1. The maximum Gasteiger partial charge on any atom is 0.269 e. The number of nitrogens with zero attached hydrogens (tertiary/aromatic N) is 2. The van der Waals surface area contributed by atoms with Gasteiger partial charge in [-0.05, 0) is 31.5 Å². The smallest absolute Gasteiger partial charge is 0.269 e. The first-order valence-corrected chi connectivity index (χ1v) is 10.4. The summed E-state index contributed by atoms with van der Waals surface area (Å²) in [6, 6.07) is 13.6. The predicted molar refractivity (Wildman–Crippen MR) is 110 cm³/mol. The van der Waals surface area contributed by atoms with Crippen molar-refractivity contribution in [2.24, 2.45) is 0 Å². The van der Waals surface area contributed by atoms with E-state index in [9.17, 15) is 19.1 Å². The standard InChI is InChI=1S/C21H20N2O5S/c1-14-6-8-17(9-7-14)21-22-20(15(2)28-21)13-29(27)12-19(24)11-16-4-3-5-18(10-16)23(25)26/h3-10H,11-13H2,1-2H3. The molecule has 0 radical (unpaired) electrons. The molecule has 2 aromatic carbocycles. The highest BCUT2D eigenvalue weighted by Crippen LogP contribution is 2.23. The number of aromatic nitrogens is 1. The van der Waals surface area contributed by atoms with Crippen LogP contribution in [-0.4, -0.2) is 25.7 Å². The summed E-state index contributed by atoms with van der Waals surface area (Å²) >= 11 is 0. The van der Waals surface area contributed by atoms with Gasteiger partial charge in [-0.2, -0.15) is 0 Å². The maximum absolute atomic E-state index is 12.4. The van der Waals surface area contributed by atoms with Gasteiger partial charge in [-0.25, -0.2) is 4.98 Å². The van der Waals surface area contributed by atoms with Crippen molar-refractivity contribution in [1.82, 2.24) is 4.98 Å². The van der Waals surface area contributed by atoms with Crippen LogP contribution in [0.25, 0.3) is 11.5 Å². The number of hydrogen-bond donors (Lipinski definition) is 0. The lowest BCUT2D eigenvalue weighted by Crippen LogP contribution is -2.15. The van der Waals surface area contributed by atoms with Gasteiger partial charge in [-0.3, -0.25) is 19.1 Å². The van der Waals surface area contributed by atoms with Crippen LogP contribution in [0.1, 0.15) is 22.6 Å². The molecule has 7 nitrogen and oxygen atoms in total. The molecule has 1 heterocycles. The van der Waals surface area contributed by atoms with Gasteiger partial charge in [0, 0.05) is 34.9 Å². The van der Waals surface area contributed by atoms with E-state index < -0.39 is 15.7 Å². The van der Waals surface area contributed by atoms with E-state index in [2.05, 4.69) is 4.98 Å². The van der Waals surface area contributed by atoms with Crippen LogP contribution >= 0.6 is 0 Å². The zero-order valence-electron chi connectivity index (χ0n) is 16.1. The van der Waals surface area contributed by atoms with Gasteiger partial charge in [-0.15, -0.1) is 0 Å². The van der Waals surface area contributed by atoms with Crippen molar-refractivity contribution in [2.45, 2.75) is 26.0 Å². The summed E-state index contributed by atoms with van der Waals surface area (Å²) in [5.74, 6) is 0.748. The number of ketones is 1. The Kier molecular flexibility index (Phi) is 6.33. The Bertz CT molecular complexity index is 1070. The molecular weight excluding hydrogens is 392 g/mol. The Morgan fingerprint density at radius 2 is 1.90 bits per heavy atom. The lowest BCUT2D eigenvalue weighted by Gasteiger charge is -2.02. The molecule has 150 valence electrons. The average molecular weight is 412 g/mol. The van der Waals surface area contributed by atoms with Crippen LogP contribution in [-0.2, 0) is 27.8 Å². The van der Waals surface area contributed by atoms with Crippen LogP contribution in [0, 0.1) is 24.0 Å². The molecule has 0 bridgehead atoms. The number of oxazole rings is 1. The third kappa shape index (κ3) is 5.45. The van der Waals surface area contributed by atoms with E-state index in [1.165, 1.54) is 18.2 Å². The SMILES string of the molecule is Cc1ccc(-c2nc(CS(=O)CC(=O)Cc3cccc([N+](=O)[O-])c3)c(C)o2)cc1. The first-order valence-electron chi connectivity index (χ1n) is 8.95. The Balaban J connectivity index is 1.62. The fourth-order valence-electron chi connectivity index (χ4n) is 2.82. The fraction of sp³-hybridized carbons (Fsp3) is 0.238. The van der Waals surface area contributed by atoms with Crippen LogP contribution in [0.5, 0.6) is 0 Å². The number of aryl methyl sites for hydroxylation is 2. The minimum absolute atomic E-state index is 0.000165. The molecule has 0 fully saturated rings. The predicted octanol–water partition coefficient (Wildman–Crippen LogP) is 3.93. The van der Waals surface area contributed by atoms with Crippen LogP contribution in [0.2, 0.25) is 0 Å². The molecular formula is C21H20N2O5S. The zero-order chi connectivity index (χ0) is 21.0. The highest BCUT2D eigenvalue weighted by Gasteiger charge is 2.17. The van der Waals surface area contributed by atoms with E-state index in [1.54, 1.807) is 13.0 Å². The Morgan fingerprint density at radius 3 is 2.59 bits per heavy atom. The van der Waals surface area contributed by atoms with Crippen molar-refractivity contribution in [3.05, 3.63) is 81.2 Å². The third-order valence-electron chi connectivity index (χ3n) is 4.33. The summed E-state index contributed by atoms with van der Waals surface area (Å²) in [5.41, 5.74) is 2.97. The van der Waals surface area contributed by atoms with Gasteiger partial charge in [0.15, 0.2) is 0 Å². The number of non-ortho nitro benzene ring substituents is 1. The van der Waals surface area contributed by atoms with Gasteiger partial charge >= 0.3 is 0 Å². The summed E-state index contributed by atoms with van der Waals surface area (Å²) in [5, 5.41) is 10.8. The molecule has 0 saturated carbocycles. The first kappa shape index (κ1) is 20.6. The lowest BCUT2D eigenvalue weighted by molar-refractivity contribution is -0.384. The van der Waals surface area contributed by atoms with Gasteiger partial charge < -0.3 is 4.42 Å². The molecule has 0 N–H and O–H groups in total. The number of carbonyl (C=O) groups is 1. The second-order valence-corrected chi connectivity index (χ2v) is 8.22. The highest BCUT2D eigenvalue weighted by molar-refractivity contribution is 7.84. The van der Waals surface area contributed by atoms with Crippen LogP contribution in [0.3, 0.4) is 0 Å². The van der Waals surface area contributed by atoms with Crippen molar-refractivity contribution in [3.8, 4) is 11.5 Å². The molecule has 3 rings (SSSR count). The van der Waals surface area contributed by atoms with E-state index in [0.717, 1.165) is 11.1 Å². The number of hydrogen-bond acceptors (Lipinski definition) is 6. The molecule has 1 aromatic heterocycles. The van der Waals surface area contributed by atoms with E-state index in [1.807, 2.05) is 31.2 Å². The second-order valence-electron chi connectivity index (χ2n) is 6.76. The molecule has 0 spiro atoms. The van der Waals surface area contributed by atoms with Crippen LogP contribution in [0.15, 0.2) is 52.9 Å². The van der Waals surface area contributed by atoms with E-state index in [-0.39, 0.29) is 29.4 Å². The van der Waals surface area contributed by atoms with Gasteiger partial charge in [0.1, 0.15) is 11.5 Å². The maximum atomic E-state index is 12.4. The quantitative estimate of drug-likeness (QED) is 0.410. The summed E-state index contributed by atoms with van der Waals surface area (Å²) in [6.07, 6.45) is -0.000165. The van der Waals surface area contributed by atoms with Gasteiger partial charge in [0.05, 0.1) is 22.1 Å². The molecule has 3 aromatic rings. The number of rotatable bonds is 8.